The minimum Gasteiger partial charge on any atom is -0.444 e. The number of hydrogen-bond acceptors (Lipinski definition) is 3. The number of imidazole rings is 1. The van der Waals surface area contributed by atoms with Gasteiger partial charge in [-0.25, -0.2) is 9.78 Å². The lowest BCUT2D eigenvalue weighted by Crippen LogP contribution is -2.63. The number of hydrogen-bond donors (Lipinski definition) is 0. The maximum atomic E-state index is 12.0. The quantitative estimate of drug-likeness (QED) is 0.669. The van der Waals surface area contributed by atoms with Crippen molar-refractivity contribution in [2.75, 3.05) is 13.1 Å². The summed E-state index contributed by atoms with van der Waals surface area (Å²) in [5, 5.41) is 0. The zero-order chi connectivity index (χ0) is 16.3. The maximum Gasteiger partial charge on any atom is 0.410 e. The minimum atomic E-state index is -0.423. The number of likely N-dealkylation sites (tertiary alicyclic amines) is 1. The number of aromatic nitrogens is 2. The van der Waals surface area contributed by atoms with Gasteiger partial charge in [0.2, 0.25) is 0 Å². The summed E-state index contributed by atoms with van der Waals surface area (Å²) in [6, 6.07) is 0. The number of carbonyl (C=O) groups excluding carboxylic acids is 1. The van der Waals surface area contributed by atoms with Crippen molar-refractivity contribution in [1.29, 1.82) is 0 Å². The van der Waals surface area contributed by atoms with Gasteiger partial charge in [0.05, 0.1) is 0 Å². The lowest BCUT2D eigenvalue weighted by Gasteiger charge is -2.58. The van der Waals surface area contributed by atoms with E-state index in [1.54, 1.807) is 0 Å². The largest absolute Gasteiger partial charge is 0.444 e. The van der Waals surface area contributed by atoms with Crippen LogP contribution < -0.4 is 0 Å². The number of ether oxygens (including phenoxy) is 1. The lowest BCUT2D eigenvalue weighted by molar-refractivity contribution is -0.0801. The highest BCUT2D eigenvalue weighted by Crippen LogP contribution is 2.56. The van der Waals surface area contributed by atoms with Crippen LogP contribution in [0.1, 0.15) is 45.4 Å². The molecule has 1 aliphatic carbocycles. The summed E-state index contributed by atoms with van der Waals surface area (Å²) < 4.78 is 9.34. The first-order chi connectivity index (χ1) is 10.1. The Bertz CT molecular complexity index is 607. The zero-order valence-corrected chi connectivity index (χ0v) is 16.5. The number of halogens is 2. The van der Waals surface area contributed by atoms with Crippen LogP contribution in [0.5, 0.6) is 0 Å². The molecule has 1 amide bonds. The number of carbonyl (C=O) groups is 1. The maximum absolute atomic E-state index is 12.0. The van der Waals surface area contributed by atoms with E-state index >= 15 is 0 Å². The molecule has 0 unspecified atom stereocenters. The third kappa shape index (κ3) is 2.82. The SMILES string of the molecule is Cn1c(C2CC3(C2)CN(C(=O)OC(C)(C)C)C3)nc(Br)c1Br. The molecular weight excluding hydrogens is 414 g/mol. The van der Waals surface area contributed by atoms with E-state index in [-0.39, 0.29) is 11.5 Å². The Morgan fingerprint density at radius 2 is 1.91 bits per heavy atom. The van der Waals surface area contributed by atoms with Crippen molar-refractivity contribution >= 4 is 38.0 Å². The smallest absolute Gasteiger partial charge is 0.410 e. The number of amides is 1. The van der Waals surface area contributed by atoms with E-state index in [0.29, 0.717) is 5.92 Å². The first kappa shape index (κ1) is 16.3. The third-order valence-electron chi connectivity index (χ3n) is 4.45. The van der Waals surface area contributed by atoms with E-state index in [0.717, 1.165) is 41.0 Å². The fourth-order valence-electron chi connectivity index (χ4n) is 3.47. The molecule has 0 radical (unpaired) electrons. The van der Waals surface area contributed by atoms with Gasteiger partial charge in [-0.1, -0.05) is 0 Å². The predicted molar refractivity (Wildman–Crippen MR) is 90.8 cm³/mol. The van der Waals surface area contributed by atoms with Gasteiger partial charge in [0.1, 0.15) is 20.6 Å². The monoisotopic (exact) mass is 433 g/mol. The van der Waals surface area contributed by atoms with Crippen molar-refractivity contribution in [2.24, 2.45) is 12.5 Å². The van der Waals surface area contributed by atoms with Crippen molar-refractivity contribution in [1.82, 2.24) is 14.5 Å². The van der Waals surface area contributed by atoms with Crippen LogP contribution in [0.15, 0.2) is 9.21 Å². The van der Waals surface area contributed by atoms with E-state index < -0.39 is 5.60 Å². The molecule has 5 nitrogen and oxygen atoms in total. The van der Waals surface area contributed by atoms with Crippen LogP contribution in [0.2, 0.25) is 0 Å². The molecule has 1 aromatic rings. The second-order valence-corrected chi connectivity index (χ2v) is 9.05. The van der Waals surface area contributed by atoms with Crippen molar-refractivity contribution in [2.45, 2.75) is 45.1 Å². The van der Waals surface area contributed by atoms with Crippen molar-refractivity contribution < 1.29 is 9.53 Å². The molecule has 1 saturated carbocycles. The van der Waals surface area contributed by atoms with Gasteiger partial charge >= 0.3 is 6.09 Å². The fraction of sp³-hybridized carbons (Fsp3) is 0.733. The Hall–Kier alpha value is -0.560. The van der Waals surface area contributed by atoms with Crippen molar-refractivity contribution in [3.05, 3.63) is 15.0 Å². The summed E-state index contributed by atoms with van der Waals surface area (Å²) in [7, 11) is 2.02. The van der Waals surface area contributed by atoms with Crippen LogP contribution in [0.4, 0.5) is 4.79 Å². The molecule has 3 rings (SSSR count). The molecule has 2 fully saturated rings. The third-order valence-corrected chi connectivity index (χ3v) is 6.44. The number of nitrogens with zero attached hydrogens (tertiary/aromatic N) is 3. The van der Waals surface area contributed by atoms with Crippen LogP contribution >= 0.6 is 31.9 Å². The van der Waals surface area contributed by atoms with Crippen LogP contribution in [0.25, 0.3) is 0 Å². The van der Waals surface area contributed by atoms with Crippen molar-refractivity contribution in [3.63, 3.8) is 0 Å². The average Bonchev–Trinajstić information content (AvgIpc) is 2.51. The Kier molecular flexibility index (Phi) is 3.87. The van der Waals surface area contributed by atoms with E-state index in [4.69, 9.17) is 4.74 Å². The first-order valence-corrected chi connectivity index (χ1v) is 9.04. The van der Waals surface area contributed by atoms with Crippen LogP contribution in [-0.4, -0.2) is 39.2 Å². The Morgan fingerprint density at radius 3 is 2.36 bits per heavy atom. The summed E-state index contributed by atoms with van der Waals surface area (Å²) in [6.45, 7) is 7.32. The fourth-order valence-corrected chi connectivity index (χ4v) is 4.19. The molecule has 0 atom stereocenters. The lowest BCUT2D eigenvalue weighted by atomic mass is 9.57. The number of rotatable bonds is 1. The first-order valence-electron chi connectivity index (χ1n) is 7.46. The summed E-state index contributed by atoms with van der Waals surface area (Å²) in [5.41, 5.74) is -0.139. The van der Waals surface area contributed by atoms with E-state index in [1.165, 1.54) is 0 Å². The highest BCUT2D eigenvalue weighted by Gasteiger charge is 2.55. The Balaban J connectivity index is 1.55. The van der Waals surface area contributed by atoms with Gasteiger partial charge in [0.25, 0.3) is 0 Å². The molecular formula is C15H21Br2N3O2. The Morgan fingerprint density at radius 1 is 1.32 bits per heavy atom. The topological polar surface area (TPSA) is 47.4 Å². The second-order valence-electron chi connectivity index (χ2n) is 7.55. The molecule has 0 bridgehead atoms. The summed E-state index contributed by atoms with van der Waals surface area (Å²) >= 11 is 6.98. The summed E-state index contributed by atoms with van der Waals surface area (Å²) in [6.07, 6.45) is 2.00. The Labute approximate surface area is 147 Å². The molecule has 0 aromatic carbocycles. The van der Waals surface area contributed by atoms with Gasteiger partial charge in [-0.15, -0.1) is 0 Å². The molecule has 2 heterocycles. The minimum absolute atomic E-state index is 0.191. The molecule has 122 valence electrons. The molecule has 0 N–H and O–H groups in total. The van der Waals surface area contributed by atoms with Gasteiger partial charge in [-0.3, -0.25) is 0 Å². The van der Waals surface area contributed by atoms with Gasteiger partial charge in [0, 0.05) is 31.5 Å². The van der Waals surface area contributed by atoms with Gasteiger partial charge in [-0.2, -0.15) is 0 Å². The predicted octanol–water partition coefficient (Wildman–Crippen LogP) is 4.06. The molecule has 22 heavy (non-hydrogen) atoms. The van der Waals surface area contributed by atoms with E-state index in [9.17, 15) is 4.79 Å². The molecule has 1 saturated heterocycles. The highest BCUT2D eigenvalue weighted by molar-refractivity contribution is 9.13. The summed E-state index contributed by atoms with van der Waals surface area (Å²) in [5.74, 6) is 1.59. The molecule has 1 spiro atoms. The van der Waals surface area contributed by atoms with Crippen LogP contribution in [-0.2, 0) is 11.8 Å². The average molecular weight is 435 g/mol. The van der Waals surface area contributed by atoms with E-state index in [1.807, 2.05) is 32.7 Å². The molecule has 7 heteroatoms. The van der Waals surface area contributed by atoms with Gasteiger partial charge < -0.3 is 14.2 Å². The molecule has 2 aliphatic rings. The van der Waals surface area contributed by atoms with Crippen molar-refractivity contribution in [3.8, 4) is 0 Å². The van der Waals surface area contributed by atoms with E-state index in [2.05, 4.69) is 41.4 Å². The normalized spacial score (nSPS) is 20.7. The highest BCUT2D eigenvalue weighted by atomic mass is 79.9. The van der Waals surface area contributed by atoms with Gasteiger partial charge in [-0.05, 0) is 65.5 Å². The molecule has 1 aliphatic heterocycles. The van der Waals surface area contributed by atoms with Crippen LogP contribution in [0.3, 0.4) is 0 Å². The zero-order valence-electron chi connectivity index (χ0n) is 13.3. The molecule has 1 aromatic heterocycles. The second kappa shape index (κ2) is 5.23. The van der Waals surface area contributed by atoms with Crippen LogP contribution in [0, 0.1) is 5.41 Å². The summed E-state index contributed by atoms with van der Waals surface area (Å²) in [4.78, 5) is 18.4. The van der Waals surface area contributed by atoms with Gasteiger partial charge in [0.15, 0.2) is 0 Å². The standard InChI is InChI=1S/C15H21Br2N3O2/c1-14(2,3)22-13(21)20-7-15(8-20)5-9(6-15)12-18-10(16)11(17)19(12)4/h9H,5-8H2,1-4H3.